The molecule has 0 rings (SSSR count). The summed E-state index contributed by atoms with van der Waals surface area (Å²) in [5.74, 6) is 6.86. The van der Waals surface area contributed by atoms with Crippen LogP contribution in [0.1, 0.15) is 6.92 Å². The van der Waals surface area contributed by atoms with Gasteiger partial charge in [0.05, 0.1) is 0 Å². The zero-order chi connectivity index (χ0) is 8.53. The molecule has 0 aliphatic heterocycles. The number of carbonyl (C=O) groups excluding carboxylic acids is 1. The van der Waals surface area contributed by atoms with Gasteiger partial charge in [0.2, 0.25) is 0 Å². The van der Waals surface area contributed by atoms with E-state index >= 15 is 0 Å². The molecule has 0 bridgehead atoms. The summed E-state index contributed by atoms with van der Waals surface area (Å²) in [5.41, 5.74) is 0. The van der Waals surface area contributed by atoms with Crippen LogP contribution in [-0.2, 0) is 9.53 Å². The number of ether oxygens (including phenoxy) is 1. The molecule has 0 amide bonds. The molecule has 0 heterocycles. The molecular weight excluding hydrogens is 140 g/mol. The molecule has 0 spiro atoms. The van der Waals surface area contributed by atoms with E-state index in [4.69, 9.17) is 0 Å². The topological polar surface area (TPSA) is 26.3 Å². The highest BCUT2D eigenvalue weighted by molar-refractivity contribution is 5.67. The van der Waals surface area contributed by atoms with E-state index < -0.39 is 5.97 Å². The zero-order valence-electron chi connectivity index (χ0n) is 6.18. The lowest BCUT2D eigenvalue weighted by atomic mass is 10.4. The minimum atomic E-state index is -0.438. The van der Waals surface area contributed by atoms with Gasteiger partial charge in [-0.3, -0.25) is 4.79 Å². The van der Waals surface area contributed by atoms with Crippen LogP contribution in [0.5, 0.6) is 0 Å². The Bertz CT molecular complexity index is 255. The van der Waals surface area contributed by atoms with Crippen molar-refractivity contribution in [3.8, 4) is 23.9 Å². The molecule has 0 aromatic rings. The van der Waals surface area contributed by atoms with E-state index in [0.29, 0.717) is 0 Å². The number of rotatable bonds is 1. The standard InChI is InChI=1S/C9H7O2/c1-3-4-5-6-7-8-11-9(2)10/h3-4H,1H2,2H3/q-1. The van der Waals surface area contributed by atoms with E-state index in [2.05, 4.69) is 35.2 Å². The number of hydrogen-bond acceptors (Lipinski definition) is 2. The monoisotopic (exact) mass is 147 g/mol. The number of hydrogen-bond donors (Lipinski definition) is 0. The van der Waals surface area contributed by atoms with Crippen molar-refractivity contribution in [2.24, 2.45) is 0 Å². The lowest BCUT2D eigenvalue weighted by Gasteiger charge is -1.81. The van der Waals surface area contributed by atoms with Gasteiger partial charge in [0.15, 0.2) is 0 Å². The first-order valence-corrected chi connectivity index (χ1v) is 2.89. The summed E-state index contributed by atoms with van der Waals surface area (Å²) in [6.07, 6.45) is 5.20. The highest BCUT2D eigenvalue weighted by Crippen LogP contribution is 1.71. The second kappa shape index (κ2) is 6.32. The second-order valence-corrected chi connectivity index (χ2v) is 1.49. The van der Waals surface area contributed by atoms with Gasteiger partial charge >= 0.3 is 5.97 Å². The Morgan fingerprint density at radius 2 is 2.36 bits per heavy atom. The molecule has 0 aliphatic rings. The van der Waals surface area contributed by atoms with Crippen LogP contribution in [0.2, 0.25) is 0 Å². The largest absolute Gasteiger partial charge is 0.373 e. The quantitative estimate of drug-likeness (QED) is 0.313. The van der Waals surface area contributed by atoms with Gasteiger partial charge in [-0.05, 0) is 0 Å². The molecule has 0 fully saturated rings. The first-order chi connectivity index (χ1) is 5.27. The Kier molecular flexibility index (Phi) is 5.29. The molecule has 0 radical (unpaired) electrons. The summed E-state index contributed by atoms with van der Waals surface area (Å²) in [4.78, 5) is 10.1. The van der Waals surface area contributed by atoms with Crippen molar-refractivity contribution in [1.82, 2.24) is 0 Å². The fourth-order valence-corrected chi connectivity index (χ4v) is 0.260. The third-order valence-corrected chi connectivity index (χ3v) is 0.582. The lowest BCUT2D eigenvalue weighted by Crippen LogP contribution is -1.89. The van der Waals surface area contributed by atoms with Crippen LogP contribution < -0.4 is 0 Å². The molecule has 0 aromatic carbocycles. The van der Waals surface area contributed by atoms with E-state index in [9.17, 15) is 4.79 Å². The lowest BCUT2D eigenvalue weighted by molar-refractivity contribution is -0.134. The van der Waals surface area contributed by atoms with Gasteiger partial charge < -0.3 is 4.74 Å². The van der Waals surface area contributed by atoms with E-state index in [0.717, 1.165) is 0 Å². The average molecular weight is 147 g/mol. The zero-order valence-corrected chi connectivity index (χ0v) is 6.18. The van der Waals surface area contributed by atoms with Gasteiger partial charge in [-0.2, -0.15) is 18.6 Å². The van der Waals surface area contributed by atoms with E-state index in [-0.39, 0.29) is 0 Å². The Labute approximate surface area is 66.2 Å². The van der Waals surface area contributed by atoms with Crippen molar-refractivity contribution in [1.29, 1.82) is 0 Å². The smallest absolute Gasteiger partial charge is 0.316 e. The number of carbonyl (C=O) groups is 1. The Morgan fingerprint density at radius 3 is 2.91 bits per heavy atom. The third kappa shape index (κ3) is 8.20. The first kappa shape index (κ1) is 9.20. The molecule has 0 atom stereocenters. The van der Waals surface area contributed by atoms with Crippen molar-refractivity contribution in [2.75, 3.05) is 0 Å². The summed E-state index contributed by atoms with van der Waals surface area (Å²) < 4.78 is 4.28. The Balaban J connectivity index is 3.65. The van der Waals surface area contributed by atoms with Gasteiger partial charge in [-0.15, -0.1) is 6.42 Å². The van der Waals surface area contributed by atoms with Crippen molar-refractivity contribution in [2.45, 2.75) is 6.92 Å². The summed E-state index contributed by atoms with van der Waals surface area (Å²) in [5, 5.41) is 0. The summed E-state index contributed by atoms with van der Waals surface area (Å²) in [6.45, 7) is 4.69. The minimum Gasteiger partial charge on any atom is -0.373 e. The van der Waals surface area contributed by atoms with Gasteiger partial charge in [0.1, 0.15) is 6.11 Å². The maximum atomic E-state index is 10.1. The predicted octanol–water partition coefficient (Wildman–Crippen LogP) is 0.904. The van der Waals surface area contributed by atoms with Crippen LogP contribution in [0.3, 0.4) is 0 Å². The van der Waals surface area contributed by atoms with Gasteiger partial charge in [-0.25, -0.2) is 5.92 Å². The molecule has 0 saturated carbocycles. The molecule has 2 heteroatoms. The summed E-state index contributed by atoms with van der Waals surface area (Å²) in [6, 6.07) is 0. The average Bonchev–Trinajstić information content (AvgIpc) is 1.96. The third-order valence-electron chi connectivity index (χ3n) is 0.582. The van der Waals surface area contributed by atoms with Gasteiger partial charge in [-0.1, -0.05) is 5.92 Å². The molecule has 0 unspecified atom stereocenters. The fraction of sp³-hybridized carbons (Fsp3) is 0.111. The van der Waals surface area contributed by atoms with Crippen molar-refractivity contribution in [3.63, 3.8) is 0 Å². The molecule has 0 N–H and O–H groups in total. The number of allylic oxidation sites excluding steroid dienone is 1. The van der Waals surface area contributed by atoms with Crippen LogP contribution in [-0.4, -0.2) is 5.97 Å². The summed E-state index contributed by atoms with van der Waals surface area (Å²) in [7, 11) is 0. The molecule has 2 nitrogen and oxygen atoms in total. The van der Waals surface area contributed by atoms with Crippen LogP contribution in [0.25, 0.3) is 0 Å². The molecule has 0 aliphatic carbocycles. The minimum absolute atomic E-state index is 0.438. The predicted molar refractivity (Wildman–Crippen MR) is 41.8 cm³/mol. The highest BCUT2D eigenvalue weighted by atomic mass is 16.5. The normalized spacial score (nSPS) is 5.91. The van der Waals surface area contributed by atoms with Crippen molar-refractivity contribution < 1.29 is 9.53 Å². The highest BCUT2D eigenvalue weighted by Gasteiger charge is 1.81. The Morgan fingerprint density at radius 1 is 1.64 bits per heavy atom. The second-order valence-electron chi connectivity index (χ2n) is 1.49. The van der Waals surface area contributed by atoms with Crippen molar-refractivity contribution in [3.05, 3.63) is 19.1 Å². The maximum absolute atomic E-state index is 10.1. The van der Waals surface area contributed by atoms with Crippen LogP contribution >= 0.6 is 0 Å². The summed E-state index contributed by atoms with van der Waals surface area (Å²) >= 11 is 0. The first-order valence-electron chi connectivity index (χ1n) is 2.89. The SMILES string of the molecule is C=C[CH-]C#CC#COC(C)=O. The Hall–Kier alpha value is -1.80. The molecule has 11 heavy (non-hydrogen) atoms. The van der Waals surface area contributed by atoms with E-state index in [1.165, 1.54) is 6.92 Å². The molecular formula is C9H7O2-. The van der Waals surface area contributed by atoms with Gasteiger partial charge in [0, 0.05) is 6.92 Å². The van der Waals surface area contributed by atoms with Gasteiger partial charge in [0.25, 0.3) is 0 Å². The molecule has 0 saturated heterocycles. The van der Waals surface area contributed by atoms with Crippen LogP contribution in [0.4, 0.5) is 0 Å². The maximum Gasteiger partial charge on any atom is 0.316 e. The molecule has 0 aromatic heterocycles. The fourth-order valence-electron chi connectivity index (χ4n) is 0.260. The number of esters is 1. The van der Waals surface area contributed by atoms with Crippen LogP contribution in [0, 0.1) is 30.3 Å². The van der Waals surface area contributed by atoms with E-state index in [1.807, 2.05) is 0 Å². The molecule has 56 valence electrons. The van der Waals surface area contributed by atoms with Crippen LogP contribution in [0.15, 0.2) is 12.7 Å². The van der Waals surface area contributed by atoms with E-state index in [1.54, 1.807) is 12.5 Å². The van der Waals surface area contributed by atoms with Crippen molar-refractivity contribution >= 4 is 5.97 Å².